The third-order valence-electron chi connectivity index (χ3n) is 7.96. The predicted octanol–water partition coefficient (Wildman–Crippen LogP) is 9.91. The fraction of sp³-hybridized carbons (Fsp3) is 0. The minimum atomic E-state index is 0.702. The first-order valence-electron chi connectivity index (χ1n) is 14.6. The van der Waals surface area contributed by atoms with Gasteiger partial charge < -0.3 is 0 Å². The minimum Gasteiger partial charge on any atom is -0.236 e. The van der Waals surface area contributed by atoms with Crippen molar-refractivity contribution in [3.8, 4) is 56.4 Å². The fourth-order valence-electron chi connectivity index (χ4n) is 5.62. The van der Waals surface area contributed by atoms with Crippen LogP contribution in [0.15, 0.2) is 158 Å². The van der Waals surface area contributed by atoms with Gasteiger partial charge in [-0.2, -0.15) is 0 Å². The van der Waals surface area contributed by atoms with E-state index in [2.05, 4.69) is 120 Å². The third kappa shape index (κ3) is 4.89. The van der Waals surface area contributed by atoms with Crippen LogP contribution < -0.4 is 0 Å². The van der Waals surface area contributed by atoms with E-state index >= 15 is 0 Å². The standard InChI is InChI=1S/C40H26N4/c1-3-10-30(11-4-1)36-25-37(31-12-5-2-6-13-31)43-40(42-36)33-22-17-28(18-23-33)27-15-20-32(21-16-27)39-41-26-34-24-19-29-9-7-8-14-35(29)38(34)44-39/h1-26H. The van der Waals surface area contributed by atoms with Crippen molar-refractivity contribution >= 4 is 21.7 Å². The van der Waals surface area contributed by atoms with Gasteiger partial charge in [-0.3, -0.25) is 0 Å². The average molecular weight is 563 g/mol. The van der Waals surface area contributed by atoms with Crippen LogP contribution in [0.1, 0.15) is 0 Å². The summed E-state index contributed by atoms with van der Waals surface area (Å²) in [6.45, 7) is 0. The highest BCUT2D eigenvalue weighted by molar-refractivity contribution is 6.05. The van der Waals surface area contributed by atoms with Crippen LogP contribution in [-0.4, -0.2) is 19.9 Å². The summed E-state index contributed by atoms with van der Waals surface area (Å²) in [4.78, 5) is 19.5. The second-order valence-electron chi connectivity index (χ2n) is 10.8. The first-order valence-corrected chi connectivity index (χ1v) is 14.6. The van der Waals surface area contributed by atoms with Gasteiger partial charge in [0.25, 0.3) is 0 Å². The summed E-state index contributed by atoms with van der Waals surface area (Å²) in [5.41, 5.74) is 9.10. The Balaban J connectivity index is 1.11. The summed E-state index contributed by atoms with van der Waals surface area (Å²) >= 11 is 0. The van der Waals surface area contributed by atoms with E-state index in [4.69, 9.17) is 15.0 Å². The Bertz CT molecular complexity index is 2190. The molecule has 0 aliphatic carbocycles. The first kappa shape index (κ1) is 25.7. The van der Waals surface area contributed by atoms with Gasteiger partial charge in [-0.1, -0.05) is 146 Å². The molecule has 44 heavy (non-hydrogen) atoms. The lowest BCUT2D eigenvalue weighted by atomic mass is 10.0. The second-order valence-corrected chi connectivity index (χ2v) is 10.8. The quantitative estimate of drug-likeness (QED) is 0.196. The Morgan fingerprint density at radius 3 is 1.45 bits per heavy atom. The molecule has 2 aromatic heterocycles. The van der Waals surface area contributed by atoms with Gasteiger partial charge >= 0.3 is 0 Å². The molecule has 4 nitrogen and oxygen atoms in total. The van der Waals surface area contributed by atoms with E-state index in [1.807, 2.05) is 42.6 Å². The van der Waals surface area contributed by atoms with Crippen LogP contribution in [0.2, 0.25) is 0 Å². The smallest absolute Gasteiger partial charge is 0.160 e. The summed E-state index contributed by atoms with van der Waals surface area (Å²) in [6, 6.07) is 52.0. The van der Waals surface area contributed by atoms with Gasteiger partial charge in [0, 0.05) is 39.2 Å². The molecular formula is C40H26N4. The highest BCUT2D eigenvalue weighted by Gasteiger charge is 2.12. The average Bonchev–Trinajstić information content (AvgIpc) is 3.12. The van der Waals surface area contributed by atoms with E-state index in [0.29, 0.717) is 5.82 Å². The number of aromatic nitrogens is 4. The molecule has 206 valence electrons. The van der Waals surface area contributed by atoms with Crippen molar-refractivity contribution in [1.29, 1.82) is 0 Å². The highest BCUT2D eigenvalue weighted by atomic mass is 14.9. The molecule has 8 aromatic rings. The maximum absolute atomic E-state index is 4.96. The van der Waals surface area contributed by atoms with Crippen molar-refractivity contribution < 1.29 is 0 Å². The minimum absolute atomic E-state index is 0.702. The van der Waals surface area contributed by atoms with Gasteiger partial charge in [0.05, 0.1) is 16.9 Å². The van der Waals surface area contributed by atoms with Crippen molar-refractivity contribution in [2.24, 2.45) is 0 Å². The number of hydrogen-bond acceptors (Lipinski definition) is 4. The monoisotopic (exact) mass is 562 g/mol. The molecule has 0 fully saturated rings. The second kappa shape index (κ2) is 11.0. The third-order valence-corrected chi connectivity index (χ3v) is 7.96. The molecule has 0 N–H and O–H groups in total. The van der Waals surface area contributed by atoms with Gasteiger partial charge in [0.15, 0.2) is 11.6 Å². The van der Waals surface area contributed by atoms with Crippen molar-refractivity contribution in [1.82, 2.24) is 19.9 Å². The lowest BCUT2D eigenvalue weighted by Crippen LogP contribution is -1.96. The molecule has 0 unspecified atom stereocenters. The zero-order valence-corrected chi connectivity index (χ0v) is 23.8. The summed E-state index contributed by atoms with van der Waals surface area (Å²) in [6.07, 6.45) is 1.91. The molecule has 0 atom stereocenters. The Labute approximate surface area is 255 Å². The van der Waals surface area contributed by atoms with Crippen LogP contribution in [-0.2, 0) is 0 Å². The number of rotatable bonds is 5. The summed E-state index contributed by atoms with van der Waals surface area (Å²) in [5.74, 6) is 1.42. The van der Waals surface area contributed by atoms with Crippen molar-refractivity contribution in [2.45, 2.75) is 0 Å². The van der Waals surface area contributed by atoms with E-state index in [0.717, 1.165) is 66.9 Å². The Morgan fingerprint density at radius 1 is 0.341 bits per heavy atom. The molecule has 4 heteroatoms. The highest BCUT2D eigenvalue weighted by Crippen LogP contribution is 2.30. The van der Waals surface area contributed by atoms with Crippen molar-refractivity contribution in [3.05, 3.63) is 158 Å². The van der Waals surface area contributed by atoms with Crippen LogP contribution in [0.5, 0.6) is 0 Å². The summed E-state index contributed by atoms with van der Waals surface area (Å²) in [5, 5.41) is 3.36. The Morgan fingerprint density at radius 2 is 0.841 bits per heavy atom. The normalized spacial score (nSPS) is 11.2. The van der Waals surface area contributed by atoms with Crippen LogP contribution in [0.3, 0.4) is 0 Å². The van der Waals surface area contributed by atoms with Crippen molar-refractivity contribution in [2.75, 3.05) is 0 Å². The molecule has 0 spiro atoms. The number of fused-ring (bicyclic) bond motifs is 3. The largest absolute Gasteiger partial charge is 0.236 e. The van der Waals surface area contributed by atoms with E-state index in [1.165, 1.54) is 5.39 Å². The molecule has 0 amide bonds. The lowest BCUT2D eigenvalue weighted by Gasteiger charge is -2.10. The van der Waals surface area contributed by atoms with Crippen LogP contribution >= 0.6 is 0 Å². The number of benzene rings is 6. The number of hydrogen-bond donors (Lipinski definition) is 0. The van der Waals surface area contributed by atoms with E-state index in [1.54, 1.807) is 0 Å². The van der Waals surface area contributed by atoms with Gasteiger partial charge in [-0.15, -0.1) is 0 Å². The topological polar surface area (TPSA) is 51.6 Å². The molecule has 6 aromatic carbocycles. The van der Waals surface area contributed by atoms with Crippen LogP contribution in [0.4, 0.5) is 0 Å². The van der Waals surface area contributed by atoms with Crippen molar-refractivity contribution in [3.63, 3.8) is 0 Å². The van der Waals surface area contributed by atoms with Gasteiger partial charge in [0.1, 0.15) is 0 Å². The lowest BCUT2D eigenvalue weighted by molar-refractivity contribution is 1.18. The molecule has 0 saturated carbocycles. The predicted molar refractivity (Wildman–Crippen MR) is 180 cm³/mol. The van der Waals surface area contributed by atoms with E-state index in [9.17, 15) is 0 Å². The zero-order valence-electron chi connectivity index (χ0n) is 23.8. The fourth-order valence-corrected chi connectivity index (χ4v) is 5.62. The number of nitrogens with zero attached hydrogens (tertiary/aromatic N) is 4. The van der Waals surface area contributed by atoms with E-state index < -0.39 is 0 Å². The molecule has 0 aliphatic rings. The molecule has 2 heterocycles. The summed E-state index contributed by atoms with van der Waals surface area (Å²) < 4.78 is 0. The maximum atomic E-state index is 4.96. The molecular weight excluding hydrogens is 536 g/mol. The van der Waals surface area contributed by atoms with Gasteiger partial charge in [-0.25, -0.2) is 19.9 Å². The van der Waals surface area contributed by atoms with Crippen LogP contribution in [0.25, 0.3) is 78.1 Å². The Hall–Kier alpha value is -6.00. The molecule has 0 saturated heterocycles. The van der Waals surface area contributed by atoms with Crippen LogP contribution in [0, 0.1) is 0 Å². The molecule has 8 rings (SSSR count). The summed E-state index contributed by atoms with van der Waals surface area (Å²) in [7, 11) is 0. The van der Waals surface area contributed by atoms with E-state index in [-0.39, 0.29) is 0 Å². The first-order chi connectivity index (χ1) is 21.8. The Kier molecular flexibility index (Phi) is 6.43. The molecule has 0 radical (unpaired) electrons. The zero-order chi connectivity index (χ0) is 29.3. The molecule has 0 bridgehead atoms. The van der Waals surface area contributed by atoms with Gasteiger partial charge in [-0.05, 0) is 22.6 Å². The SMILES string of the molecule is c1ccc(-c2cc(-c3ccccc3)nc(-c3ccc(-c4ccc(-c5ncc6ccc7ccccc7c6n5)cc4)cc3)n2)cc1. The molecule has 0 aliphatic heterocycles. The maximum Gasteiger partial charge on any atom is 0.160 e. The van der Waals surface area contributed by atoms with Gasteiger partial charge in [0.2, 0.25) is 0 Å².